The van der Waals surface area contributed by atoms with Crippen molar-refractivity contribution in [3.05, 3.63) is 70.1 Å². The third kappa shape index (κ3) is 3.88. The molecule has 0 bridgehead atoms. The van der Waals surface area contributed by atoms with Gasteiger partial charge in [-0.1, -0.05) is 11.6 Å². The van der Waals surface area contributed by atoms with Crippen LogP contribution >= 0.6 is 11.6 Å². The molecule has 6 nitrogen and oxygen atoms in total. The van der Waals surface area contributed by atoms with Crippen molar-refractivity contribution in [2.75, 3.05) is 31.2 Å². The van der Waals surface area contributed by atoms with Crippen LogP contribution < -0.4 is 20.5 Å². The predicted molar refractivity (Wildman–Crippen MR) is 105 cm³/mol. The van der Waals surface area contributed by atoms with Crippen molar-refractivity contribution in [3.63, 3.8) is 0 Å². The van der Waals surface area contributed by atoms with Crippen molar-refractivity contribution in [1.29, 1.82) is 0 Å². The van der Waals surface area contributed by atoms with Gasteiger partial charge in [-0.05, 0) is 48.5 Å². The molecule has 0 saturated carbocycles. The zero-order valence-electron chi connectivity index (χ0n) is 14.8. The van der Waals surface area contributed by atoms with E-state index >= 15 is 0 Å². The molecular formula is C19H18ClFN4O2. The normalized spacial score (nSPS) is 10.5. The van der Waals surface area contributed by atoms with Gasteiger partial charge in [-0.15, -0.1) is 0 Å². The topological polar surface area (TPSA) is 59.4 Å². The van der Waals surface area contributed by atoms with Crippen LogP contribution in [0.4, 0.5) is 21.5 Å². The summed E-state index contributed by atoms with van der Waals surface area (Å²) in [5.41, 5.74) is 2.51. The molecule has 0 unspecified atom stereocenters. The van der Waals surface area contributed by atoms with Crippen LogP contribution in [-0.2, 0) is 0 Å². The van der Waals surface area contributed by atoms with Gasteiger partial charge < -0.3 is 15.0 Å². The van der Waals surface area contributed by atoms with E-state index in [9.17, 15) is 9.18 Å². The highest BCUT2D eigenvalue weighted by Gasteiger charge is 2.10. The van der Waals surface area contributed by atoms with E-state index in [0.29, 0.717) is 17.1 Å². The summed E-state index contributed by atoms with van der Waals surface area (Å²) >= 11 is 6.07. The third-order valence-corrected chi connectivity index (χ3v) is 4.48. The van der Waals surface area contributed by atoms with Crippen molar-refractivity contribution >= 4 is 28.7 Å². The fourth-order valence-electron chi connectivity index (χ4n) is 2.59. The Labute approximate surface area is 160 Å². The summed E-state index contributed by atoms with van der Waals surface area (Å²) in [5.74, 6) is 0.470. The Bertz CT molecular complexity index is 974. The van der Waals surface area contributed by atoms with Crippen LogP contribution in [0.2, 0.25) is 5.02 Å². The summed E-state index contributed by atoms with van der Waals surface area (Å²) in [4.78, 5) is 14.3. The number of nitrogens with zero attached hydrogens (tertiary/aromatic N) is 3. The summed E-state index contributed by atoms with van der Waals surface area (Å²) in [6.07, 6.45) is 1.50. The minimum atomic E-state index is -0.858. The van der Waals surface area contributed by atoms with Gasteiger partial charge in [-0.25, -0.2) is 4.39 Å². The lowest BCUT2D eigenvalue weighted by Gasteiger charge is -2.20. The van der Waals surface area contributed by atoms with Crippen molar-refractivity contribution in [1.82, 2.24) is 9.78 Å². The number of alkyl halides is 1. The van der Waals surface area contributed by atoms with Gasteiger partial charge in [0.05, 0.1) is 17.6 Å². The second-order valence-electron chi connectivity index (χ2n) is 5.66. The first-order valence-electron chi connectivity index (χ1n) is 8.13. The summed E-state index contributed by atoms with van der Waals surface area (Å²) < 4.78 is 18.3. The van der Waals surface area contributed by atoms with Crippen molar-refractivity contribution < 1.29 is 9.13 Å². The molecule has 3 rings (SSSR count). The maximum absolute atomic E-state index is 12.4. The molecule has 140 valence electrons. The van der Waals surface area contributed by atoms with Crippen molar-refractivity contribution in [2.45, 2.75) is 0 Å². The molecule has 0 aliphatic carbocycles. The zero-order chi connectivity index (χ0) is 19.4. The zero-order valence-corrected chi connectivity index (χ0v) is 15.6. The van der Waals surface area contributed by atoms with Gasteiger partial charge in [0.1, 0.15) is 10.8 Å². The number of aromatic nitrogens is 2. The molecule has 27 heavy (non-hydrogen) atoms. The average molecular weight is 389 g/mol. The first-order chi connectivity index (χ1) is 13.0. The molecule has 2 aromatic carbocycles. The van der Waals surface area contributed by atoms with E-state index in [1.54, 1.807) is 31.3 Å². The summed E-state index contributed by atoms with van der Waals surface area (Å²) in [5, 5.41) is 7.05. The highest BCUT2D eigenvalue weighted by molar-refractivity contribution is 6.32. The lowest BCUT2D eigenvalue weighted by Crippen LogP contribution is -2.22. The Morgan fingerprint density at radius 2 is 1.74 bits per heavy atom. The molecule has 0 aliphatic rings. The largest absolute Gasteiger partial charge is 0.463 e. The minimum Gasteiger partial charge on any atom is -0.463 e. The fraction of sp³-hybridized carbons (Fsp3) is 0.158. The fourth-order valence-corrected chi connectivity index (χ4v) is 2.81. The SMILES string of the molecule is CNc1cnn(-c2ccc(N(C)c3ccc(OCF)cc3)cc2)c(=O)c1Cl. The molecule has 1 N–H and O–H groups in total. The first-order valence-corrected chi connectivity index (χ1v) is 8.51. The quantitative estimate of drug-likeness (QED) is 0.691. The van der Waals surface area contributed by atoms with Crippen LogP contribution in [-0.4, -0.2) is 30.7 Å². The second kappa shape index (κ2) is 8.09. The Morgan fingerprint density at radius 1 is 1.15 bits per heavy atom. The Kier molecular flexibility index (Phi) is 5.61. The Morgan fingerprint density at radius 3 is 2.30 bits per heavy atom. The van der Waals surface area contributed by atoms with Gasteiger partial charge in [0.2, 0.25) is 6.86 Å². The number of ether oxygens (including phenoxy) is 1. The van der Waals surface area contributed by atoms with Gasteiger partial charge in [0, 0.05) is 25.5 Å². The van der Waals surface area contributed by atoms with Gasteiger partial charge >= 0.3 is 0 Å². The van der Waals surface area contributed by atoms with Crippen LogP contribution in [0.25, 0.3) is 5.69 Å². The molecule has 0 aliphatic heterocycles. The molecule has 0 amide bonds. The second-order valence-corrected chi connectivity index (χ2v) is 6.04. The van der Waals surface area contributed by atoms with Gasteiger partial charge in [-0.2, -0.15) is 9.78 Å². The Balaban J connectivity index is 1.85. The first kappa shape index (κ1) is 18.7. The summed E-state index contributed by atoms with van der Waals surface area (Å²) in [6, 6.07) is 14.4. The number of hydrogen-bond donors (Lipinski definition) is 1. The van der Waals surface area contributed by atoms with Crippen LogP contribution in [0.5, 0.6) is 5.75 Å². The van der Waals surface area contributed by atoms with E-state index < -0.39 is 12.4 Å². The minimum absolute atomic E-state index is 0.0873. The monoisotopic (exact) mass is 388 g/mol. The number of nitrogens with one attached hydrogen (secondary N) is 1. The van der Waals surface area contributed by atoms with Crippen molar-refractivity contribution in [3.8, 4) is 11.4 Å². The van der Waals surface area contributed by atoms with E-state index in [4.69, 9.17) is 16.3 Å². The smallest absolute Gasteiger partial charge is 0.292 e. The molecule has 0 atom stereocenters. The molecule has 1 aromatic heterocycles. The number of anilines is 3. The summed E-state index contributed by atoms with van der Waals surface area (Å²) in [7, 11) is 3.58. The highest BCUT2D eigenvalue weighted by atomic mass is 35.5. The van der Waals surface area contributed by atoms with Gasteiger partial charge in [0.25, 0.3) is 5.56 Å². The molecule has 0 fully saturated rings. The molecule has 3 aromatic rings. The molecule has 0 saturated heterocycles. The number of hydrogen-bond acceptors (Lipinski definition) is 5. The number of halogens is 2. The standard InChI is InChI=1S/C19H18ClFN4O2/c1-22-17-11-23-25(19(26)18(17)20)15-5-3-13(4-6-15)24(2)14-7-9-16(10-8-14)27-12-21/h3-11,22H,12H2,1-2H3. The molecule has 1 heterocycles. The molecular weight excluding hydrogens is 371 g/mol. The third-order valence-electron chi connectivity index (χ3n) is 4.12. The van der Waals surface area contributed by atoms with Crippen LogP contribution in [0, 0.1) is 0 Å². The van der Waals surface area contributed by atoms with Gasteiger partial charge in [-0.3, -0.25) is 4.79 Å². The van der Waals surface area contributed by atoms with Crippen LogP contribution in [0.3, 0.4) is 0 Å². The predicted octanol–water partition coefficient (Wildman–Crippen LogP) is 4.00. The molecule has 8 heteroatoms. The van der Waals surface area contributed by atoms with Gasteiger partial charge in [0.15, 0.2) is 0 Å². The van der Waals surface area contributed by atoms with E-state index in [1.165, 1.54) is 10.9 Å². The van der Waals surface area contributed by atoms with E-state index in [1.807, 2.05) is 36.2 Å². The molecule has 0 radical (unpaired) electrons. The van der Waals surface area contributed by atoms with E-state index in [2.05, 4.69) is 10.4 Å². The van der Waals surface area contributed by atoms with Crippen molar-refractivity contribution in [2.24, 2.45) is 0 Å². The maximum Gasteiger partial charge on any atom is 0.292 e. The van der Waals surface area contributed by atoms with Crippen LogP contribution in [0.1, 0.15) is 0 Å². The van der Waals surface area contributed by atoms with E-state index in [0.717, 1.165) is 11.4 Å². The number of benzene rings is 2. The maximum atomic E-state index is 12.4. The average Bonchev–Trinajstić information content (AvgIpc) is 2.70. The number of rotatable bonds is 6. The molecule has 0 spiro atoms. The van der Waals surface area contributed by atoms with E-state index in [-0.39, 0.29) is 5.02 Å². The van der Waals surface area contributed by atoms with Crippen LogP contribution in [0.15, 0.2) is 59.5 Å². The lowest BCUT2D eigenvalue weighted by molar-refractivity contribution is 0.192. The summed E-state index contributed by atoms with van der Waals surface area (Å²) in [6.45, 7) is -0.858. The Hall–Kier alpha value is -3.06. The highest BCUT2D eigenvalue weighted by Crippen LogP contribution is 2.26. The lowest BCUT2D eigenvalue weighted by atomic mass is 10.2.